The summed E-state index contributed by atoms with van der Waals surface area (Å²) in [7, 11) is 0. The fourth-order valence-electron chi connectivity index (χ4n) is 1.23. The van der Waals surface area contributed by atoms with Crippen LogP contribution in [0.4, 0.5) is 0 Å². The normalized spacial score (nSPS) is 10.7. The number of benzene rings is 1. The van der Waals surface area contributed by atoms with Crippen LogP contribution in [-0.2, 0) is 0 Å². The van der Waals surface area contributed by atoms with Crippen molar-refractivity contribution in [1.82, 2.24) is 4.98 Å². The molecule has 0 aliphatic carbocycles. The monoisotopic (exact) mass is 241 g/mol. The van der Waals surface area contributed by atoms with Gasteiger partial charge in [0.05, 0.1) is 15.7 Å². The zero-order chi connectivity index (χ0) is 11.0. The quantitative estimate of drug-likeness (QED) is 0.746. The van der Waals surface area contributed by atoms with Crippen LogP contribution in [0, 0.1) is 13.8 Å². The largest absolute Gasteiger partial charge is 0.441 e. The third-order valence-corrected chi connectivity index (χ3v) is 2.93. The van der Waals surface area contributed by atoms with Crippen LogP contribution in [0.15, 0.2) is 22.6 Å². The first-order valence-corrected chi connectivity index (χ1v) is 5.23. The minimum absolute atomic E-state index is 0.502. The van der Waals surface area contributed by atoms with Crippen molar-refractivity contribution in [2.75, 3.05) is 0 Å². The summed E-state index contributed by atoms with van der Waals surface area (Å²) in [6.45, 7) is 3.78. The minimum Gasteiger partial charge on any atom is -0.441 e. The van der Waals surface area contributed by atoms with E-state index in [9.17, 15) is 0 Å². The summed E-state index contributed by atoms with van der Waals surface area (Å²) in [4.78, 5) is 4.28. The molecule has 0 spiro atoms. The number of aryl methyl sites for hydroxylation is 2. The van der Waals surface area contributed by atoms with Crippen molar-refractivity contribution in [1.29, 1.82) is 0 Å². The molecule has 2 nitrogen and oxygen atoms in total. The molecule has 78 valence electrons. The first-order chi connectivity index (χ1) is 7.08. The van der Waals surface area contributed by atoms with Crippen molar-refractivity contribution in [3.05, 3.63) is 39.7 Å². The maximum atomic E-state index is 5.91. The SMILES string of the molecule is Cc1nc(-c2ccc(Cl)c(Cl)c2)oc1C. The Hall–Kier alpha value is -0.990. The molecular weight excluding hydrogens is 233 g/mol. The average Bonchev–Trinajstić information content (AvgIpc) is 2.52. The number of aromatic nitrogens is 1. The number of hydrogen-bond donors (Lipinski definition) is 0. The van der Waals surface area contributed by atoms with E-state index in [1.54, 1.807) is 12.1 Å². The second-order valence-corrected chi connectivity index (χ2v) is 4.10. The van der Waals surface area contributed by atoms with E-state index in [4.69, 9.17) is 27.6 Å². The second-order valence-electron chi connectivity index (χ2n) is 3.29. The molecule has 2 aromatic rings. The molecule has 15 heavy (non-hydrogen) atoms. The van der Waals surface area contributed by atoms with Crippen molar-refractivity contribution in [3.63, 3.8) is 0 Å². The fraction of sp³-hybridized carbons (Fsp3) is 0.182. The number of hydrogen-bond acceptors (Lipinski definition) is 2. The van der Waals surface area contributed by atoms with Gasteiger partial charge >= 0.3 is 0 Å². The summed E-state index contributed by atoms with van der Waals surface area (Å²) in [5.41, 5.74) is 1.72. The Bertz CT molecular complexity index is 486. The Balaban J connectivity index is 2.49. The third kappa shape index (κ3) is 2.01. The van der Waals surface area contributed by atoms with E-state index >= 15 is 0 Å². The van der Waals surface area contributed by atoms with Crippen LogP contribution in [0.25, 0.3) is 11.5 Å². The molecule has 0 N–H and O–H groups in total. The van der Waals surface area contributed by atoms with Gasteiger partial charge in [0, 0.05) is 5.56 Å². The van der Waals surface area contributed by atoms with E-state index in [1.165, 1.54) is 0 Å². The molecule has 0 bridgehead atoms. The standard InChI is InChI=1S/C11H9Cl2NO/c1-6-7(2)15-11(14-6)8-3-4-9(12)10(13)5-8/h3-5H,1-2H3. The van der Waals surface area contributed by atoms with Gasteiger partial charge in [0.15, 0.2) is 0 Å². The van der Waals surface area contributed by atoms with Gasteiger partial charge in [-0.25, -0.2) is 4.98 Å². The Morgan fingerprint density at radius 1 is 1.13 bits per heavy atom. The highest BCUT2D eigenvalue weighted by Crippen LogP contribution is 2.28. The molecule has 4 heteroatoms. The molecule has 0 saturated heterocycles. The molecule has 0 fully saturated rings. The van der Waals surface area contributed by atoms with E-state index in [1.807, 2.05) is 19.9 Å². The Morgan fingerprint density at radius 2 is 1.87 bits per heavy atom. The van der Waals surface area contributed by atoms with Crippen molar-refractivity contribution < 1.29 is 4.42 Å². The maximum Gasteiger partial charge on any atom is 0.226 e. The second kappa shape index (κ2) is 3.87. The van der Waals surface area contributed by atoms with Gasteiger partial charge in [0.25, 0.3) is 0 Å². The first-order valence-electron chi connectivity index (χ1n) is 4.47. The van der Waals surface area contributed by atoms with Gasteiger partial charge in [-0.15, -0.1) is 0 Å². The van der Waals surface area contributed by atoms with Crippen LogP contribution in [-0.4, -0.2) is 4.98 Å². The number of rotatable bonds is 1. The minimum atomic E-state index is 0.502. The summed E-state index contributed by atoms with van der Waals surface area (Å²) in [5, 5.41) is 1.03. The van der Waals surface area contributed by atoms with Crippen LogP contribution >= 0.6 is 23.2 Å². The Kier molecular flexibility index (Phi) is 2.72. The molecule has 1 aromatic heterocycles. The Morgan fingerprint density at radius 3 is 2.40 bits per heavy atom. The first kappa shape index (κ1) is 10.5. The van der Waals surface area contributed by atoms with Crippen LogP contribution in [0.3, 0.4) is 0 Å². The summed E-state index contributed by atoms with van der Waals surface area (Å²) >= 11 is 11.7. The summed E-state index contributed by atoms with van der Waals surface area (Å²) in [6.07, 6.45) is 0. The summed E-state index contributed by atoms with van der Waals surface area (Å²) in [6, 6.07) is 5.31. The molecule has 0 unspecified atom stereocenters. The summed E-state index contributed by atoms with van der Waals surface area (Å²) < 4.78 is 5.48. The maximum absolute atomic E-state index is 5.91. The van der Waals surface area contributed by atoms with Gasteiger partial charge in [-0.3, -0.25) is 0 Å². The van der Waals surface area contributed by atoms with Crippen LogP contribution in [0.2, 0.25) is 10.0 Å². The average molecular weight is 242 g/mol. The van der Waals surface area contributed by atoms with E-state index in [-0.39, 0.29) is 0 Å². The van der Waals surface area contributed by atoms with Gasteiger partial charge in [0.1, 0.15) is 5.76 Å². The fourth-order valence-corrected chi connectivity index (χ4v) is 1.52. The van der Waals surface area contributed by atoms with Crippen LogP contribution in [0.5, 0.6) is 0 Å². The molecule has 1 heterocycles. The third-order valence-electron chi connectivity index (χ3n) is 2.20. The molecule has 0 aliphatic heterocycles. The van der Waals surface area contributed by atoms with Gasteiger partial charge in [-0.1, -0.05) is 23.2 Å². The molecule has 0 aliphatic rings. The highest BCUT2D eigenvalue weighted by molar-refractivity contribution is 6.42. The molecule has 0 saturated carbocycles. The zero-order valence-electron chi connectivity index (χ0n) is 8.34. The molecule has 0 radical (unpaired) electrons. The van der Waals surface area contributed by atoms with Crippen molar-refractivity contribution in [2.45, 2.75) is 13.8 Å². The van der Waals surface area contributed by atoms with Crippen LogP contribution < -0.4 is 0 Å². The topological polar surface area (TPSA) is 26.0 Å². The number of oxazole rings is 1. The van der Waals surface area contributed by atoms with Crippen LogP contribution in [0.1, 0.15) is 11.5 Å². The predicted molar refractivity (Wildman–Crippen MR) is 61.4 cm³/mol. The van der Waals surface area contributed by atoms with Crippen molar-refractivity contribution in [3.8, 4) is 11.5 Å². The molecule has 0 atom stereocenters. The van der Waals surface area contributed by atoms with Crippen molar-refractivity contribution >= 4 is 23.2 Å². The lowest BCUT2D eigenvalue weighted by Gasteiger charge is -1.98. The highest BCUT2D eigenvalue weighted by atomic mass is 35.5. The van der Waals surface area contributed by atoms with Gasteiger partial charge in [-0.05, 0) is 32.0 Å². The highest BCUT2D eigenvalue weighted by Gasteiger charge is 2.09. The lowest BCUT2D eigenvalue weighted by Crippen LogP contribution is -1.78. The van der Waals surface area contributed by atoms with Crippen molar-refractivity contribution in [2.24, 2.45) is 0 Å². The van der Waals surface area contributed by atoms with Gasteiger partial charge in [0.2, 0.25) is 5.89 Å². The van der Waals surface area contributed by atoms with Gasteiger partial charge in [-0.2, -0.15) is 0 Å². The predicted octanol–water partition coefficient (Wildman–Crippen LogP) is 4.27. The molecule has 0 amide bonds. The lowest BCUT2D eigenvalue weighted by atomic mass is 10.2. The van der Waals surface area contributed by atoms with E-state index in [0.717, 1.165) is 17.0 Å². The van der Waals surface area contributed by atoms with Gasteiger partial charge < -0.3 is 4.42 Å². The number of nitrogens with zero attached hydrogens (tertiary/aromatic N) is 1. The Labute approximate surface area is 97.8 Å². The van der Waals surface area contributed by atoms with E-state index < -0.39 is 0 Å². The summed E-state index contributed by atoms with van der Waals surface area (Å²) in [5.74, 6) is 1.39. The molecular formula is C11H9Cl2NO. The lowest BCUT2D eigenvalue weighted by molar-refractivity contribution is 0.541. The molecule has 1 aromatic carbocycles. The van der Waals surface area contributed by atoms with E-state index in [0.29, 0.717) is 15.9 Å². The van der Waals surface area contributed by atoms with E-state index in [2.05, 4.69) is 4.98 Å². The smallest absolute Gasteiger partial charge is 0.226 e. The molecule has 2 rings (SSSR count). The number of halogens is 2. The zero-order valence-corrected chi connectivity index (χ0v) is 9.86.